The Balaban J connectivity index is 1.37. The summed E-state index contributed by atoms with van der Waals surface area (Å²) in [5.41, 5.74) is 6.82. The molecule has 202 valence electrons. The maximum Gasteiger partial charge on any atom is 0.211 e. The fourth-order valence-electron chi connectivity index (χ4n) is 5.24. The molecule has 6 rings (SSSR count). The van der Waals surface area contributed by atoms with Crippen LogP contribution in [0.25, 0.3) is 44.2 Å². The van der Waals surface area contributed by atoms with Gasteiger partial charge >= 0.3 is 0 Å². The Labute approximate surface area is 233 Å². The molecule has 0 spiro atoms. The van der Waals surface area contributed by atoms with E-state index in [0.29, 0.717) is 26.2 Å². The molecule has 4 heterocycles. The van der Waals surface area contributed by atoms with E-state index in [0.717, 1.165) is 55.4 Å². The molecule has 0 saturated carbocycles. The summed E-state index contributed by atoms with van der Waals surface area (Å²) in [4.78, 5) is 11.3. The minimum absolute atomic E-state index is 0.459. The van der Waals surface area contributed by atoms with Crippen molar-refractivity contribution in [2.24, 2.45) is 0 Å². The average molecular weight is 552 g/mol. The molecular weight excluding hydrogens is 522 g/mol. The molecule has 9 nitrogen and oxygen atoms in total. The highest BCUT2D eigenvalue weighted by Gasteiger charge is 2.24. The van der Waals surface area contributed by atoms with Crippen LogP contribution in [0.2, 0.25) is 0 Å². The first kappa shape index (κ1) is 25.9. The van der Waals surface area contributed by atoms with Gasteiger partial charge in [0.25, 0.3) is 0 Å². The molecule has 0 radical (unpaired) electrons. The molecule has 0 aliphatic carbocycles. The van der Waals surface area contributed by atoms with Crippen LogP contribution in [-0.2, 0) is 15.4 Å². The first-order valence-corrected chi connectivity index (χ1v) is 14.9. The number of piperazine rings is 1. The van der Waals surface area contributed by atoms with Crippen LogP contribution in [0, 0.1) is 11.3 Å². The predicted molar refractivity (Wildman–Crippen MR) is 157 cm³/mol. The van der Waals surface area contributed by atoms with Crippen LogP contribution in [-0.4, -0.2) is 65.3 Å². The molecular formula is C30H29N7O2S. The number of benzene rings is 2. The second-order valence-electron chi connectivity index (χ2n) is 10.7. The van der Waals surface area contributed by atoms with E-state index in [9.17, 15) is 13.7 Å². The Hall–Kier alpha value is -4.33. The lowest BCUT2D eigenvalue weighted by molar-refractivity contribution is 0.388. The molecule has 0 unspecified atom stereocenters. The number of aromatic nitrogens is 4. The van der Waals surface area contributed by atoms with Gasteiger partial charge in [0, 0.05) is 54.3 Å². The summed E-state index contributed by atoms with van der Waals surface area (Å²) in [5.74, 6) is 0. The molecule has 5 aromatic rings. The molecule has 0 amide bonds. The molecule has 1 aliphatic rings. The Kier molecular flexibility index (Phi) is 6.28. The average Bonchev–Trinajstić information content (AvgIpc) is 3.41. The zero-order valence-corrected chi connectivity index (χ0v) is 23.4. The van der Waals surface area contributed by atoms with Gasteiger partial charge in [-0.3, -0.25) is 15.1 Å². The van der Waals surface area contributed by atoms with E-state index in [-0.39, 0.29) is 0 Å². The van der Waals surface area contributed by atoms with Crippen molar-refractivity contribution in [3.8, 4) is 28.5 Å². The number of H-pyrrole nitrogens is 1. The Bertz CT molecular complexity index is 1880. The van der Waals surface area contributed by atoms with Crippen molar-refractivity contribution in [1.29, 1.82) is 5.26 Å². The van der Waals surface area contributed by atoms with Crippen molar-refractivity contribution < 1.29 is 8.42 Å². The first-order valence-electron chi connectivity index (χ1n) is 13.1. The lowest BCUT2D eigenvalue weighted by Gasteiger charge is -2.34. The lowest BCUT2D eigenvalue weighted by Crippen LogP contribution is -2.48. The van der Waals surface area contributed by atoms with Crippen molar-refractivity contribution in [2.45, 2.75) is 19.3 Å². The van der Waals surface area contributed by atoms with Crippen molar-refractivity contribution in [2.75, 3.05) is 37.3 Å². The van der Waals surface area contributed by atoms with Crippen LogP contribution in [0.4, 0.5) is 5.69 Å². The minimum atomic E-state index is -3.19. The Morgan fingerprint density at radius 2 is 1.65 bits per heavy atom. The highest BCUT2D eigenvalue weighted by molar-refractivity contribution is 7.88. The normalized spacial score (nSPS) is 15.0. The van der Waals surface area contributed by atoms with Crippen molar-refractivity contribution >= 4 is 37.5 Å². The standard InChI is InChI=1S/C30H29N7O2S/c1-30(2,19-31)23-7-4-20(5-8-23)29-28-25-15-21(6-9-26(25)33-18-27(28)34-35-29)22-14-24(17-32-16-22)36-10-12-37(13-11-36)40(3,38)39/h4-9,14-18H,10-13H2,1-3H3,(H,34,35). The summed E-state index contributed by atoms with van der Waals surface area (Å²) >= 11 is 0. The third-order valence-corrected chi connectivity index (χ3v) is 8.99. The molecule has 1 saturated heterocycles. The van der Waals surface area contributed by atoms with Gasteiger partial charge in [0.2, 0.25) is 10.0 Å². The van der Waals surface area contributed by atoms with Crippen LogP contribution in [0.15, 0.2) is 67.1 Å². The highest BCUT2D eigenvalue weighted by atomic mass is 32.2. The van der Waals surface area contributed by atoms with Gasteiger partial charge in [-0.25, -0.2) is 8.42 Å². The quantitative estimate of drug-likeness (QED) is 0.336. The minimum Gasteiger partial charge on any atom is -0.368 e. The van der Waals surface area contributed by atoms with E-state index in [1.165, 1.54) is 10.6 Å². The largest absolute Gasteiger partial charge is 0.368 e. The van der Waals surface area contributed by atoms with E-state index in [1.54, 1.807) is 6.20 Å². The molecule has 0 atom stereocenters. The molecule has 10 heteroatoms. The number of hydrogen-bond acceptors (Lipinski definition) is 7. The Morgan fingerprint density at radius 1 is 0.925 bits per heavy atom. The molecule has 2 aromatic carbocycles. The number of fused-ring (bicyclic) bond motifs is 3. The van der Waals surface area contributed by atoms with Crippen LogP contribution in [0.1, 0.15) is 19.4 Å². The van der Waals surface area contributed by atoms with Gasteiger partial charge in [-0.15, -0.1) is 0 Å². The van der Waals surface area contributed by atoms with Gasteiger partial charge in [0.05, 0.1) is 46.9 Å². The van der Waals surface area contributed by atoms with Gasteiger partial charge < -0.3 is 4.90 Å². The van der Waals surface area contributed by atoms with Gasteiger partial charge in [-0.2, -0.15) is 14.7 Å². The van der Waals surface area contributed by atoms with E-state index in [4.69, 9.17) is 0 Å². The fourth-order valence-corrected chi connectivity index (χ4v) is 6.07. The number of sulfonamides is 1. The number of rotatable bonds is 5. The van der Waals surface area contributed by atoms with Crippen molar-refractivity contribution in [3.63, 3.8) is 0 Å². The second kappa shape index (κ2) is 9.70. The second-order valence-corrected chi connectivity index (χ2v) is 12.7. The number of nitrogens with zero attached hydrogens (tertiary/aromatic N) is 6. The van der Waals surface area contributed by atoms with Gasteiger partial charge in [-0.05, 0) is 43.2 Å². The monoisotopic (exact) mass is 551 g/mol. The maximum absolute atomic E-state index is 11.9. The number of hydrogen-bond donors (Lipinski definition) is 1. The van der Waals surface area contributed by atoms with E-state index in [2.05, 4.69) is 43.3 Å². The predicted octanol–water partition coefficient (Wildman–Crippen LogP) is 4.72. The smallest absolute Gasteiger partial charge is 0.211 e. The summed E-state index contributed by atoms with van der Waals surface area (Å²) < 4.78 is 25.3. The number of anilines is 1. The zero-order valence-electron chi connectivity index (χ0n) is 22.6. The number of nitrogens with one attached hydrogen (secondary N) is 1. The summed E-state index contributed by atoms with van der Waals surface area (Å²) in [6.07, 6.45) is 6.73. The maximum atomic E-state index is 11.9. The topological polar surface area (TPSA) is 119 Å². The highest BCUT2D eigenvalue weighted by Crippen LogP contribution is 2.35. The lowest BCUT2D eigenvalue weighted by atomic mass is 9.86. The molecule has 3 aromatic heterocycles. The van der Waals surface area contributed by atoms with Crippen molar-refractivity contribution in [3.05, 3.63) is 72.7 Å². The van der Waals surface area contributed by atoms with E-state index >= 15 is 0 Å². The number of pyridine rings is 2. The summed E-state index contributed by atoms with van der Waals surface area (Å²) in [6.45, 7) is 5.96. The van der Waals surface area contributed by atoms with Gasteiger partial charge in [0.1, 0.15) is 5.69 Å². The van der Waals surface area contributed by atoms with Crippen molar-refractivity contribution in [1.82, 2.24) is 24.5 Å². The molecule has 40 heavy (non-hydrogen) atoms. The molecule has 1 aliphatic heterocycles. The third-order valence-electron chi connectivity index (χ3n) is 7.68. The third kappa shape index (κ3) is 4.68. The summed E-state index contributed by atoms with van der Waals surface area (Å²) in [6, 6.07) is 18.6. The van der Waals surface area contributed by atoms with Crippen LogP contribution in [0.5, 0.6) is 0 Å². The van der Waals surface area contributed by atoms with Gasteiger partial charge in [-0.1, -0.05) is 30.3 Å². The van der Waals surface area contributed by atoms with Gasteiger partial charge in [0.15, 0.2) is 0 Å². The Morgan fingerprint density at radius 3 is 2.35 bits per heavy atom. The number of aromatic amines is 1. The van der Waals surface area contributed by atoms with Crippen LogP contribution in [0.3, 0.4) is 0 Å². The summed E-state index contributed by atoms with van der Waals surface area (Å²) in [5, 5.41) is 19.2. The molecule has 1 N–H and O–H groups in total. The van der Waals surface area contributed by atoms with Crippen LogP contribution < -0.4 is 4.90 Å². The first-order chi connectivity index (χ1) is 19.1. The van der Waals surface area contributed by atoms with Crippen LogP contribution >= 0.6 is 0 Å². The SMILES string of the molecule is CC(C)(C#N)c1ccc(-c2n[nH]c3cnc4ccc(-c5cncc(N6CCN(S(C)(=O)=O)CC6)c5)cc4c23)cc1. The zero-order chi connectivity index (χ0) is 28.1. The van der Waals surface area contributed by atoms with E-state index < -0.39 is 15.4 Å². The number of nitriles is 1. The van der Waals surface area contributed by atoms with E-state index in [1.807, 2.05) is 62.6 Å². The fraction of sp³-hybridized carbons (Fsp3) is 0.267. The summed E-state index contributed by atoms with van der Waals surface area (Å²) in [7, 11) is -3.19. The molecule has 0 bridgehead atoms. The molecule has 1 fully saturated rings.